The van der Waals surface area contributed by atoms with Gasteiger partial charge in [-0.25, -0.2) is 4.79 Å². The molecule has 0 radical (unpaired) electrons. The quantitative estimate of drug-likeness (QED) is 0.747. The van der Waals surface area contributed by atoms with E-state index in [-0.39, 0.29) is 18.4 Å². The number of rotatable bonds is 2. The van der Waals surface area contributed by atoms with Gasteiger partial charge in [-0.2, -0.15) is 0 Å². The van der Waals surface area contributed by atoms with Gasteiger partial charge >= 0.3 is 6.03 Å². The molecule has 0 saturated carbocycles. The highest BCUT2D eigenvalue weighted by molar-refractivity contribution is 7.99. The molecule has 4 amide bonds. The Labute approximate surface area is 177 Å². The second-order valence-corrected chi connectivity index (χ2v) is 8.96. The van der Waals surface area contributed by atoms with Crippen molar-refractivity contribution in [3.63, 3.8) is 0 Å². The number of urea groups is 1. The van der Waals surface area contributed by atoms with Crippen molar-refractivity contribution < 1.29 is 14.4 Å². The van der Waals surface area contributed by atoms with Crippen molar-refractivity contribution >= 4 is 46.9 Å². The van der Waals surface area contributed by atoms with E-state index in [2.05, 4.69) is 5.32 Å². The van der Waals surface area contributed by atoms with Crippen LogP contribution in [0.1, 0.15) is 17.5 Å². The van der Waals surface area contributed by atoms with Gasteiger partial charge in [-0.1, -0.05) is 35.9 Å². The Bertz CT molecular complexity index is 1060. The van der Waals surface area contributed by atoms with Gasteiger partial charge in [0.25, 0.3) is 5.91 Å². The first-order valence-electron chi connectivity index (χ1n) is 9.45. The first-order valence-corrected chi connectivity index (χ1v) is 10.8. The monoisotopic (exact) mass is 427 g/mol. The molecule has 0 aromatic heterocycles. The maximum atomic E-state index is 13.3. The molecule has 1 atom stereocenters. The number of carbonyl (C=O) groups excluding carboxylic acids is 3. The number of carbonyl (C=O) groups is 3. The molecule has 2 aliphatic heterocycles. The average Bonchev–Trinajstić information content (AvgIpc) is 3.21. The molecule has 2 aromatic rings. The summed E-state index contributed by atoms with van der Waals surface area (Å²) in [4.78, 5) is 42.6. The van der Waals surface area contributed by atoms with E-state index in [1.807, 2.05) is 30.3 Å². The maximum absolute atomic E-state index is 13.3. The zero-order valence-electron chi connectivity index (χ0n) is 15.5. The SMILES string of the molecule is O=C1N[C@]2(CCc3ccccc32)C(=O)N1CC(=O)N1CCSc2ccc(Cl)cc21. The minimum Gasteiger partial charge on any atom is -0.319 e. The summed E-state index contributed by atoms with van der Waals surface area (Å²) in [5.74, 6) is 0.108. The smallest absolute Gasteiger partial charge is 0.319 e. The van der Waals surface area contributed by atoms with E-state index in [1.165, 1.54) is 0 Å². The van der Waals surface area contributed by atoms with Gasteiger partial charge in [0.1, 0.15) is 12.1 Å². The highest BCUT2D eigenvalue weighted by Gasteiger charge is 2.55. The van der Waals surface area contributed by atoms with Crippen molar-refractivity contribution in [1.29, 1.82) is 0 Å². The summed E-state index contributed by atoms with van der Waals surface area (Å²) in [5.41, 5.74) is 1.57. The molecule has 1 saturated heterocycles. The molecule has 1 N–H and O–H groups in total. The van der Waals surface area contributed by atoms with Crippen LogP contribution in [0.15, 0.2) is 47.4 Å². The van der Waals surface area contributed by atoms with Crippen LogP contribution in [0.3, 0.4) is 0 Å². The number of nitrogens with zero attached hydrogens (tertiary/aromatic N) is 2. The molecule has 2 heterocycles. The number of benzene rings is 2. The van der Waals surface area contributed by atoms with E-state index >= 15 is 0 Å². The van der Waals surface area contributed by atoms with Gasteiger partial charge in [-0.15, -0.1) is 11.8 Å². The van der Waals surface area contributed by atoms with Crippen LogP contribution in [0, 0.1) is 0 Å². The summed E-state index contributed by atoms with van der Waals surface area (Å²) < 4.78 is 0. The number of fused-ring (bicyclic) bond motifs is 3. The Hall–Kier alpha value is -2.51. The van der Waals surface area contributed by atoms with Crippen molar-refractivity contribution in [2.24, 2.45) is 0 Å². The van der Waals surface area contributed by atoms with Gasteiger partial charge in [0.15, 0.2) is 0 Å². The number of hydrogen-bond donors (Lipinski definition) is 1. The number of imide groups is 1. The highest BCUT2D eigenvalue weighted by Crippen LogP contribution is 2.41. The molecule has 3 aliphatic rings. The zero-order chi connectivity index (χ0) is 20.2. The van der Waals surface area contributed by atoms with Crippen LogP contribution in [0.5, 0.6) is 0 Å². The summed E-state index contributed by atoms with van der Waals surface area (Å²) in [7, 11) is 0. The Morgan fingerprint density at radius 2 is 2.03 bits per heavy atom. The van der Waals surface area contributed by atoms with Crippen LogP contribution >= 0.6 is 23.4 Å². The Morgan fingerprint density at radius 1 is 1.21 bits per heavy atom. The first kappa shape index (κ1) is 18.5. The number of hydrogen-bond acceptors (Lipinski definition) is 4. The standard InChI is InChI=1S/C21H18ClN3O3S/c22-14-5-6-17-16(11-14)24(9-10-29-17)18(26)12-25-19(27)21(23-20(25)28)8-7-13-3-1-2-4-15(13)21/h1-6,11H,7-10,12H2,(H,23,28)/t21-/m0/s1. The number of nitrogens with one attached hydrogen (secondary N) is 1. The fourth-order valence-corrected chi connectivity index (χ4v) is 5.55. The molecule has 1 aliphatic carbocycles. The fraction of sp³-hybridized carbons (Fsp3) is 0.286. The molecular formula is C21H18ClN3O3S. The van der Waals surface area contributed by atoms with Crippen molar-refractivity contribution in [1.82, 2.24) is 10.2 Å². The molecule has 5 rings (SSSR count). The Kier molecular flexibility index (Phi) is 4.33. The average molecular weight is 428 g/mol. The van der Waals surface area contributed by atoms with Gasteiger partial charge in [-0.3, -0.25) is 14.5 Å². The number of halogens is 1. The van der Waals surface area contributed by atoms with Gasteiger partial charge < -0.3 is 10.2 Å². The highest BCUT2D eigenvalue weighted by atomic mass is 35.5. The topological polar surface area (TPSA) is 69.7 Å². The lowest BCUT2D eigenvalue weighted by molar-refractivity contribution is -0.134. The molecular weight excluding hydrogens is 410 g/mol. The van der Waals surface area contributed by atoms with Gasteiger partial charge in [0.05, 0.1) is 5.69 Å². The molecule has 1 spiro atoms. The normalized spacial score (nSPS) is 22.7. The number of anilines is 1. The lowest BCUT2D eigenvalue weighted by Crippen LogP contribution is -2.46. The summed E-state index contributed by atoms with van der Waals surface area (Å²) in [6.45, 7) is 0.222. The molecule has 8 heteroatoms. The molecule has 1 fully saturated rings. The number of amides is 4. The van der Waals surface area contributed by atoms with Crippen LogP contribution in [0.2, 0.25) is 5.02 Å². The molecule has 6 nitrogen and oxygen atoms in total. The van der Waals surface area contributed by atoms with Crippen LogP contribution in [0.4, 0.5) is 10.5 Å². The summed E-state index contributed by atoms with van der Waals surface area (Å²) >= 11 is 7.77. The molecule has 29 heavy (non-hydrogen) atoms. The summed E-state index contributed by atoms with van der Waals surface area (Å²) in [5, 5.41) is 3.41. The minimum atomic E-state index is -1.05. The first-order chi connectivity index (χ1) is 14.0. The van der Waals surface area contributed by atoms with Gasteiger partial charge in [0.2, 0.25) is 5.91 Å². The van der Waals surface area contributed by atoms with Crippen LogP contribution in [-0.2, 0) is 21.5 Å². The molecule has 148 valence electrons. The lowest BCUT2D eigenvalue weighted by Gasteiger charge is -2.30. The minimum absolute atomic E-state index is 0.287. The van der Waals surface area contributed by atoms with Crippen molar-refractivity contribution in [3.8, 4) is 0 Å². The third kappa shape index (κ3) is 2.83. The van der Waals surface area contributed by atoms with Crippen LogP contribution in [-0.4, -0.2) is 41.6 Å². The molecule has 0 bridgehead atoms. The fourth-order valence-electron chi connectivity index (χ4n) is 4.40. The zero-order valence-corrected chi connectivity index (χ0v) is 17.1. The van der Waals surface area contributed by atoms with E-state index in [4.69, 9.17) is 11.6 Å². The number of aryl methyl sites for hydroxylation is 1. The molecule has 2 aromatic carbocycles. The third-order valence-electron chi connectivity index (χ3n) is 5.80. The van der Waals surface area contributed by atoms with Gasteiger partial charge in [-0.05, 0) is 42.2 Å². The van der Waals surface area contributed by atoms with E-state index in [0.29, 0.717) is 18.0 Å². The van der Waals surface area contributed by atoms with Gasteiger partial charge in [0, 0.05) is 22.2 Å². The lowest BCUT2D eigenvalue weighted by atomic mass is 9.92. The van der Waals surface area contributed by atoms with Crippen LogP contribution < -0.4 is 10.2 Å². The van der Waals surface area contributed by atoms with E-state index in [1.54, 1.807) is 28.8 Å². The summed E-state index contributed by atoms with van der Waals surface area (Å²) in [6, 6.07) is 12.6. The largest absolute Gasteiger partial charge is 0.325 e. The van der Waals surface area contributed by atoms with E-state index in [9.17, 15) is 14.4 Å². The van der Waals surface area contributed by atoms with E-state index < -0.39 is 11.6 Å². The van der Waals surface area contributed by atoms with Crippen LogP contribution in [0.25, 0.3) is 0 Å². The van der Waals surface area contributed by atoms with Crippen molar-refractivity contribution in [2.75, 3.05) is 23.7 Å². The summed E-state index contributed by atoms with van der Waals surface area (Å²) in [6.07, 6.45) is 1.24. The van der Waals surface area contributed by atoms with Crippen molar-refractivity contribution in [3.05, 3.63) is 58.6 Å². The Balaban J connectivity index is 1.41. The third-order valence-corrected chi connectivity index (χ3v) is 7.08. The Morgan fingerprint density at radius 3 is 2.90 bits per heavy atom. The maximum Gasteiger partial charge on any atom is 0.325 e. The predicted molar refractivity (Wildman–Crippen MR) is 111 cm³/mol. The van der Waals surface area contributed by atoms with Crippen molar-refractivity contribution in [2.45, 2.75) is 23.3 Å². The predicted octanol–water partition coefficient (Wildman–Crippen LogP) is 3.17. The second-order valence-electron chi connectivity index (χ2n) is 7.39. The van der Waals surface area contributed by atoms with E-state index in [0.717, 1.165) is 38.8 Å². The number of thioether (sulfide) groups is 1. The second kappa shape index (κ2) is 6.78. The molecule has 0 unspecified atom stereocenters.